The van der Waals surface area contributed by atoms with E-state index in [0.29, 0.717) is 0 Å². The molecule has 11 rings (SSSR count). The third kappa shape index (κ3) is 6.56. The Kier molecular flexibility index (Phi) is 9.33. The second kappa shape index (κ2) is 15.1. The van der Waals surface area contributed by atoms with Gasteiger partial charge in [-0.25, -0.2) is 0 Å². The van der Waals surface area contributed by atoms with Gasteiger partial charge in [-0.1, -0.05) is 154 Å². The third-order valence-electron chi connectivity index (χ3n) is 14.0. The first-order valence-corrected chi connectivity index (χ1v) is 22.6. The molecule has 0 unspecified atom stereocenters. The van der Waals surface area contributed by atoms with Gasteiger partial charge in [0.25, 0.3) is 0 Å². The van der Waals surface area contributed by atoms with E-state index in [1.807, 2.05) is 0 Å². The van der Waals surface area contributed by atoms with Crippen molar-refractivity contribution in [3.8, 4) is 44.5 Å². The van der Waals surface area contributed by atoms with Crippen LogP contribution in [0.3, 0.4) is 0 Å². The molecule has 0 radical (unpaired) electrons. The van der Waals surface area contributed by atoms with Crippen LogP contribution in [0.5, 0.6) is 0 Å². The second-order valence-electron chi connectivity index (χ2n) is 18.8. The van der Waals surface area contributed by atoms with Gasteiger partial charge < -0.3 is 9.80 Å². The summed E-state index contributed by atoms with van der Waals surface area (Å²) in [5.74, 6) is 0. The minimum absolute atomic E-state index is 0.0311. The van der Waals surface area contributed by atoms with Crippen LogP contribution in [0.2, 0.25) is 0 Å². The Morgan fingerprint density at radius 3 is 1.02 bits per heavy atom. The predicted octanol–water partition coefficient (Wildman–Crippen LogP) is 17.2. The molecule has 64 heavy (non-hydrogen) atoms. The van der Waals surface area contributed by atoms with Crippen molar-refractivity contribution in [1.82, 2.24) is 0 Å². The quantitative estimate of drug-likeness (QED) is 0.151. The Balaban J connectivity index is 0.877. The Morgan fingerprint density at radius 2 is 0.578 bits per heavy atom. The summed E-state index contributed by atoms with van der Waals surface area (Å²) in [7, 11) is 0. The van der Waals surface area contributed by atoms with Gasteiger partial charge in [0.15, 0.2) is 0 Å². The van der Waals surface area contributed by atoms with Gasteiger partial charge in [-0.15, -0.1) is 0 Å². The van der Waals surface area contributed by atoms with Crippen LogP contribution in [0.15, 0.2) is 206 Å². The molecule has 0 aromatic heterocycles. The highest BCUT2D eigenvalue weighted by Crippen LogP contribution is 2.56. The van der Waals surface area contributed by atoms with Crippen molar-refractivity contribution in [3.63, 3.8) is 0 Å². The second-order valence-corrected chi connectivity index (χ2v) is 18.8. The predicted molar refractivity (Wildman–Crippen MR) is 271 cm³/mol. The van der Waals surface area contributed by atoms with E-state index in [4.69, 9.17) is 0 Å². The number of hydrogen-bond donors (Lipinski definition) is 0. The van der Waals surface area contributed by atoms with Crippen molar-refractivity contribution < 1.29 is 0 Å². The van der Waals surface area contributed by atoms with Crippen LogP contribution in [0.4, 0.5) is 34.1 Å². The van der Waals surface area contributed by atoms with Crippen LogP contribution in [-0.4, -0.2) is 0 Å². The monoisotopic (exact) mass is 824 g/mol. The van der Waals surface area contributed by atoms with Crippen LogP contribution in [0, 0.1) is 13.8 Å². The van der Waals surface area contributed by atoms with Crippen molar-refractivity contribution in [2.75, 3.05) is 9.80 Å². The highest BCUT2D eigenvalue weighted by Gasteiger charge is 2.41. The minimum atomic E-state index is -0.116. The van der Waals surface area contributed by atoms with Gasteiger partial charge in [-0.3, -0.25) is 0 Å². The summed E-state index contributed by atoms with van der Waals surface area (Å²) in [4.78, 5) is 4.66. The maximum Gasteiger partial charge on any atom is 0.0462 e. The number of aryl methyl sites for hydroxylation is 2. The molecular formula is C62H52N2. The molecule has 2 aliphatic carbocycles. The van der Waals surface area contributed by atoms with Gasteiger partial charge >= 0.3 is 0 Å². The highest BCUT2D eigenvalue weighted by atomic mass is 15.1. The summed E-state index contributed by atoms with van der Waals surface area (Å²) in [5.41, 5.74) is 25.2. The van der Waals surface area contributed by atoms with Gasteiger partial charge in [0, 0.05) is 45.0 Å². The molecule has 0 saturated heterocycles. The fourth-order valence-corrected chi connectivity index (χ4v) is 10.4. The van der Waals surface area contributed by atoms with Crippen LogP contribution >= 0.6 is 0 Å². The topological polar surface area (TPSA) is 6.48 Å². The normalized spacial score (nSPS) is 13.7. The standard InChI is InChI=1S/C62H52N2/c1-41-17-27-49(28-18-41)63(47-13-9-7-10-14-47)50-29-20-43(21-30-50)44-22-31-51(32-23-44)64(48-15-11-8-12-16-48)52-33-24-45(25-34-52)46-26-36-54-56-40-59-55(39-60(56)62(5,6)58(54)38-46)53-35-19-42(2)37-57(53)61(59,3)4/h7-40H,1-6H3. The third-order valence-corrected chi connectivity index (χ3v) is 14.0. The van der Waals surface area contributed by atoms with Crippen molar-refractivity contribution in [2.24, 2.45) is 0 Å². The van der Waals surface area contributed by atoms with Crippen molar-refractivity contribution in [2.45, 2.75) is 52.4 Å². The lowest BCUT2D eigenvalue weighted by Crippen LogP contribution is -2.17. The lowest BCUT2D eigenvalue weighted by molar-refractivity contribution is 0.652. The zero-order valence-electron chi connectivity index (χ0n) is 37.5. The fraction of sp³-hybridized carbons (Fsp3) is 0.129. The Morgan fingerprint density at radius 1 is 0.266 bits per heavy atom. The summed E-state index contributed by atoms with van der Waals surface area (Å²) >= 11 is 0. The van der Waals surface area contributed by atoms with E-state index in [1.165, 1.54) is 77.9 Å². The minimum Gasteiger partial charge on any atom is -0.311 e. The van der Waals surface area contributed by atoms with Crippen LogP contribution in [0.1, 0.15) is 61.1 Å². The number of benzene rings is 9. The first-order valence-electron chi connectivity index (χ1n) is 22.6. The molecule has 2 heteroatoms. The largest absolute Gasteiger partial charge is 0.311 e. The average Bonchev–Trinajstić information content (AvgIpc) is 3.68. The molecule has 9 aromatic carbocycles. The van der Waals surface area contributed by atoms with Gasteiger partial charge in [-0.05, 0) is 172 Å². The number of nitrogens with zero attached hydrogens (tertiary/aromatic N) is 2. The zero-order chi connectivity index (χ0) is 43.7. The lowest BCUT2D eigenvalue weighted by Gasteiger charge is -2.26. The number of fused-ring (bicyclic) bond motifs is 6. The molecule has 0 saturated carbocycles. The van der Waals surface area contributed by atoms with Crippen molar-refractivity contribution in [3.05, 3.63) is 240 Å². The molecule has 2 aliphatic rings. The number of rotatable bonds is 8. The molecule has 0 aliphatic heterocycles. The summed E-state index contributed by atoms with van der Waals surface area (Å²) < 4.78 is 0. The Bertz CT molecular complexity index is 3180. The molecule has 0 N–H and O–H groups in total. The molecular weight excluding hydrogens is 773 g/mol. The molecule has 0 heterocycles. The Hall–Kier alpha value is -7.42. The maximum absolute atomic E-state index is 2.51. The lowest BCUT2D eigenvalue weighted by atomic mass is 9.79. The summed E-state index contributed by atoms with van der Waals surface area (Å²) in [6, 6.07) is 76.1. The van der Waals surface area contributed by atoms with Crippen LogP contribution < -0.4 is 9.80 Å². The molecule has 310 valence electrons. The summed E-state index contributed by atoms with van der Waals surface area (Å²) in [6.07, 6.45) is 0. The van der Waals surface area contributed by atoms with E-state index in [-0.39, 0.29) is 10.8 Å². The van der Waals surface area contributed by atoms with Gasteiger partial charge in [0.05, 0.1) is 0 Å². The van der Waals surface area contributed by atoms with Crippen molar-refractivity contribution >= 4 is 34.1 Å². The van der Waals surface area contributed by atoms with Gasteiger partial charge in [-0.2, -0.15) is 0 Å². The summed E-state index contributed by atoms with van der Waals surface area (Å²) in [5, 5.41) is 0. The SMILES string of the molecule is Cc1ccc(N(c2ccccc2)c2ccc(-c3ccc(N(c4ccccc4)c4ccc(-c5ccc6c(c5)C(C)(C)c5cc7c(cc5-6)C(C)(C)c5cc(C)ccc5-7)cc4)cc3)cc2)cc1. The first kappa shape index (κ1) is 39.4. The number of para-hydroxylation sites is 2. The fourth-order valence-electron chi connectivity index (χ4n) is 10.4. The molecule has 2 nitrogen and oxygen atoms in total. The number of anilines is 6. The van der Waals surface area contributed by atoms with Crippen molar-refractivity contribution in [1.29, 1.82) is 0 Å². The molecule has 0 fully saturated rings. The van der Waals surface area contributed by atoms with Gasteiger partial charge in [0.2, 0.25) is 0 Å². The summed E-state index contributed by atoms with van der Waals surface area (Å²) in [6.45, 7) is 13.9. The van der Waals surface area contributed by atoms with E-state index < -0.39 is 0 Å². The van der Waals surface area contributed by atoms with E-state index in [1.54, 1.807) is 0 Å². The van der Waals surface area contributed by atoms with E-state index in [0.717, 1.165) is 34.1 Å². The average molecular weight is 825 g/mol. The highest BCUT2D eigenvalue weighted by molar-refractivity contribution is 5.91. The van der Waals surface area contributed by atoms with Crippen LogP contribution in [0.25, 0.3) is 44.5 Å². The zero-order valence-corrected chi connectivity index (χ0v) is 37.5. The van der Waals surface area contributed by atoms with E-state index >= 15 is 0 Å². The molecule has 9 aromatic rings. The molecule has 0 atom stereocenters. The smallest absolute Gasteiger partial charge is 0.0462 e. The van der Waals surface area contributed by atoms with E-state index in [2.05, 4.69) is 258 Å². The molecule has 0 bridgehead atoms. The van der Waals surface area contributed by atoms with E-state index in [9.17, 15) is 0 Å². The molecule has 0 amide bonds. The number of hydrogen-bond acceptors (Lipinski definition) is 2. The first-order chi connectivity index (χ1) is 31.0. The Labute approximate surface area is 378 Å². The maximum atomic E-state index is 2.51. The van der Waals surface area contributed by atoms with Gasteiger partial charge in [0.1, 0.15) is 0 Å². The molecule has 0 spiro atoms. The van der Waals surface area contributed by atoms with Crippen LogP contribution in [-0.2, 0) is 10.8 Å².